The van der Waals surface area contributed by atoms with E-state index in [1.165, 1.54) is 19.3 Å². The first-order valence-corrected chi connectivity index (χ1v) is 6.11. The molecule has 0 saturated carbocycles. The van der Waals surface area contributed by atoms with Crippen molar-refractivity contribution in [3.8, 4) is 0 Å². The van der Waals surface area contributed by atoms with Crippen LogP contribution < -0.4 is 5.32 Å². The molecule has 92 valence electrons. The van der Waals surface area contributed by atoms with E-state index in [9.17, 15) is 9.59 Å². The molecule has 1 amide bonds. The van der Waals surface area contributed by atoms with Gasteiger partial charge in [-0.25, -0.2) is 0 Å². The van der Waals surface area contributed by atoms with Gasteiger partial charge < -0.3 is 10.1 Å². The van der Waals surface area contributed by atoms with Crippen molar-refractivity contribution < 1.29 is 9.59 Å². The number of carbonyl (C=O) groups is 2. The lowest BCUT2D eigenvalue weighted by Gasteiger charge is -2.38. The quantitative estimate of drug-likeness (QED) is 0.561. The largest absolute Gasteiger partial charge is 0.355 e. The average Bonchev–Trinajstić information content (AvgIpc) is 2.24. The van der Waals surface area contributed by atoms with Crippen LogP contribution in [0.25, 0.3) is 0 Å². The molecule has 0 radical (unpaired) electrons. The molecule has 1 rings (SSSR count). The zero-order chi connectivity index (χ0) is 12.0. The van der Waals surface area contributed by atoms with Gasteiger partial charge in [-0.1, -0.05) is 6.42 Å². The molecule has 0 aliphatic carbocycles. The van der Waals surface area contributed by atoms with Crippen LogP contribution in [0.5, 0.6) is 0 Å². The highest BCUT2D eigenvalue weighted by Gasteiger charge is 2.25. The maximum Gasteiger partial charge on any atom is 0.234 e. The zero-order valence-corrected chi connectivity index (χ0v) is 10.2. The number of carbonyl (C=O) groups excluding carboxylic acids is 2. The van der Waals surface area contributed by atoms with Crippen molar-refractivity contribution in [1.29, 1.82) is 0 Å². The molecule has 4 nitrogen and oxygen atoms in total. The van der Waals surface area contributed by atoms with Crippen LogP contribution in [0.1, 0.15) is 39.5 Å². The van der Waals surface area contributed by atoms with E-state index in [0.717, 1.165) is 6.29 Å². The molecule has 0 aromatic heterocycles. The van der Waals surface area contributed by atoms with Gasteiger partial charge in [0.05, 0.1) is 6.54 Å². The van der Waals surface area contributed by atoms with Crippen LogP contribution in [0.3, 0.4) is 0 Å². The third kappa shape index (κ3) is 3.93. The fourth-order valence-electron chi connectivity index (χ4n) is 2.28. The molecule has 1 saturated heterocycles. The highest BCUT2D eigenvalue weighted by atomic mass is 16.2. The molecule has 4 heteroatoms. The molecule has 0 aromatic rings. The van der Waals surface area contributed by atoms with E-state index < -0.39 is 0 Å². The summed E-state index contributed by atoms with van der Waals surface area (Å²) < 4.78 is 0. The van der Waals surface area contributed by atoms with Gasteiger partial charge in [-0.2, -0.15) is 0 Å². The maximum atomic E-state index is 11.6. The van der Waals surface area contributed by atoms with E-state index in [4.69, 9.17) is 0 Å². The molecule has 1 aliphatic rings. The lowest BCUT2D eigenvalue weighted by atomic mass is 9.97. The Kier molecular flexibility index (Phi) is 5.46. The molecule has 1 heterocycles. The van der Waals surface area contributed by atoms with Crippen LogP contribution in [-0.2, 0) is 9.59 Å². The summed E-state index contributed by atoms with van der Waals surface area (Å²) in [5, 5.41) is 2.76. The average molecular weight is 226 g/mol. The number of rotatable bonds is 5. The fraction of sp³-hybridized carbons (Fsp3) is 0.833. The van der Waals surface area contributed by atoms with Crippen molar-refractivity contribution >= 4 is 12.2 Å². The zero-order valence-electron chi connectivity index (χ0n) is 10.2. The summed E-state index contributed by atoms with van der Waals surface area (Å²) in [5.41, 5.74) is 0. The summed E-state index contributed by atoms with van der Waals surface area (Å²) in [6, 6.07) is 0.973. The van der Waals surface area contributed by atoms with Crippen LogP contribution in [-0.4, -0.2) is 42.3 Å². The number of nitrogens with zero attached hydrogens (tertiary/aromatic N) is 1. The van der Waals surface area contributed by atoms with E-state index >= 15 is 0 Å². The van der Waals surface area contributed by atoms with Gasteiger partial charge in [0.15, 0.2) is 0 Å². The maximum absolute atomic E-state index is 11.6. The minimum Gasteiger partial charge on any atom is -0.355 e. The van der Waals surface area contributed by atoms with Gasteiger partial charge in [-0.15, -0.1) is 0 Å². The summed E-state index contributed by atoms with van der Waals surface area (Å²) in [5.74, 6) is 0.0300. The van der Waals surface area contributed by atoms with Crippen molar-refractivity contribution in [2.24, 2.45) is 0 Å². The normalized spacial score (nSPS) is 26.4. The lowest BCUT2D eigenvalue weighted by molar-refractivity contribution is -0.123. The third-order valence-corrected chi connectivity index (χ3v) is 3.29. The second-order valence-corrected chi connectivity index (χ2v) is 4.61. The number of likely N-dealkylation sites (tertiary alicyclic amines) is 1. The van der Waals surface area contributed by atoms with Crippen molar-refractivity contribution in [3.63, 3.8) is 0 Å². The van der Waals surface area contributed by atoms with Crippen molar-refractivity contribution in [2.75, 3.05) is 13.1 Å². The van der Waals surface area contributed by atoms with E-state index in [1.807, 2.05) is 0 Å². The molecular formula is C12H22N2O2. The third-order valence-electron chi connectivity index (χ3n) is 3.29. The van der Waals surface area contributed by atoms with Gasteiger partial charge in [-0.3, -0.25) is 9.69 Å². The van der Waals surface area contributed by atoms with E-state index in [0.29, 0.717) is 31.6 Å². The van der Waals surface area contributed by atoms with Crippen LogP contribution in [0.15, 0.2) is 0 Å². The minimum absolute atomic E-state index is 0.0300. The van der Waals surface area contributed by atoms with Crippen LogP contribution in [0.4, 0.5) is 0 Å². The Morgan fingerprint density at radius 1 is 1.38 bits per heavy atom. The number of piperidine rings is 1. The van der Waals surface area contributed by atoms with Gasteiger partial charge in [0.1, 0.15) is 6.29 Å². The number of nitrogens with one attached hydrogen (secondary N) is 1. The Bertz CT molecular complexity index is 233. The first kappa shape index (κ1) is 13.2. The molecule has 0 unspecified atom stereocenters. The van der Waals surface area contributed by atoms with E-state index in [1.54, 1.807) is 0 Å². The highest BCUT2D eigenvalue weighted by Crippen LogP contribution is 2.21. The first-order chi connectivity index (χ1) is 7.65. The van der Waals surface area contributed by atoms with E-state index in [-0.39, 0.29) is 5.91 Å². The lowest BCUT2D eigenvalue weighted by Crippen LogP contribution is -2.48. The van der Waals surface area contributed by atoms with Gasteiger partial charge in [0.2, 0.25) is 5.91 Å². The molecular weight excluding hydrogens is 204 g/mol. The predicted molar refractivity (Wildman–Crippen MR) is 63.2 cm³/mol. The van der Waals surface area contributed by atoms with Crippen molar-refractivity contribution in [1.82, 2.24) is 10.2 Å². The SMILES string of the molecule is C[C@@H]1CCC[C@H](C)N1CC(=O)NCCC=O. The second-order valence-electron chi connectivity index (χ2n) is 4.61. The molecule has 0 bridgehead atoms. The van der Waals surface area contributed by atoms with Gasteiger partial charge in [-0.05, 0) is 26.7 Å². The molecule has 0 aromatic carbocycles. The van der Waals surface area contributed by atoms with Crippen molar-refractivity contribution in [2.45, 2.75) is 51.6 Å². The van der Waals surface area contributed by atoms with E-state index in [2.05, 4.69) is 24.1 Å². The first-order valence-electron chi connectivity index (χ1n) is 6.11. The fourth-order valence-corrected chi connectivity index (χ4v) is 2.28. The standard InChI is InChI=1S/C12H22N2O2/c1-10-5-3-6-11(2)14(10)9-12(16)13-7-4-8-15/h8,10-11H,3-7,9H2,1-2H3,(H,13,16)/t10-,11+. The highest BCUT2D eigenvalue weighted by molar-refractivity contribution is 5.78. The Hall–Kier alpha value is -0.900. The van der Waals surface area contributed by atoms with Crippen LogP contribution in [0.2, 0.25) is 0 Å². The van der Waals surface area contributed by atoms with Gasteiger partial charge in [0, 0.05) is 25.0 Å². The smallest absolute Gasteiger partial charge is 0.234 e. The molecule has 0 spiro atoms. The number of hydrogen-bond donors (Lipinski definition) is 1. The number of amides is 1. The Morgan fingerprint density at radius 3 is 2.56 bits per heavy atom. The Balaban J connectivity index is 2.33. The summed E-state index contributed by atoms with van der Waals surface area (Å²) in [7, 11) is 0. The summed E-state index contributed by atoms with van der Waals surface area (Å²) in [6.07, 6.45) is 4.83. The molecule has 16 heavy (non-hydrogen) atoms. The van der Waals surface area contributed by atoms with Gasteiger partial charge in [0.25, 0.3) is 0 Å². The number of aldehydes is 1. The van der Waals surface area contributed by atoms with Crippen LogP contribution >= 0.6 is 0 Å². The molecule has 1 aliphatic heterocycles. The molecule has 1 fully saturated rings. The van der Waals surface area contributed by atoms with Crippen molar-refractivity contribution in [3.05, 3.63) is 0 Å². The summed E-state index contributed by atoms with van der Waals surface area (Å²) in [6.45, 7) is 5.27. The Labute approximate surface area is 97.4 Å². The topological polar surface area (TPSA) is 49.4 Å². The predicted octanol–water partition coefficient (Wildman–Crippen LogP) is 0.954. The Morgan fingerprint density at radius 2 is 2.00 bits per heavy atom. The number of hydrogen-bond acceptors (Lipinski definition) is 3. The molecule has 2 atom stereocenters. The second kappa shape index (κ2) is 6.63. The van der Waals surface area contributed by atoms with Gasteiger partial charge >= 0.3 is 0 Å². The van der Waals surface area contributed by atoms with Crippen LogP contribution in [0, 0.1) is 0 Å². The monoisotopic (exact) mass is 226 g/mol. The minimum atomic E-state index is 0.0300. The summed E-state index contributed by atoms with van der Waals surface area (Å²) >= 11 is 0. The molecule has 1 N–H and O–H groups in total. The summed E-state index contributed by atoms with van der Waals surface area (Å²) in [4.78, 5) is 24.0.